The number of carbonyl (C=O) groups is 2. The normalized spacial score (nSPS) is 12.7. The van der Waals surface area contributed by atoms with Crippen molar-refractivity contribution < 1.29 is 13.9 Å². The summed E-state index contributed by atoms with van der Waals surface area (Å²) in [5.41, 5.74) is 7.16. The first-order valence-corrected chi connectivity index (χ1v) is 14.8. The van der Waals surface area contributed by atoms with Crippen molar-refractivity contribution >= 4 is 38.0 Å². The molecule has 0 bridgehead atoms. The topological polar surface area (TPSA) is 43.4 Å². The third-order valence-corrected chi connectivity index (χ3v) is 10.3. The Balaban J connectivity index is 1.85. The number of hydrogen-bond donors (Lipinski definition) is 0. The molecule has 0 fully saturated rings. The molecule has 2 unspecified atom stereocenters. The van der Waals surface area contributed by atoms with Gasteiger partial charge in [-0.05, 0) is 63.8 Å². The highest BCUT2D eigenvalue weighted by molar-refractivity contribution is 7.89. The minimum Gasteiger partial charge on any atom is -0.312 e. The van der Waals surface area contributed by atoms with E-state index >= 15 is 0 Å². The summed E-state index contributed by atoms with van der Waals surface area (Å²) in [5, 5.41) is 1.60. The fourth-order valence-corrected chi connectivity index (χ4v) is 9.32. The molecule has 0 saturated carbocycles. The zero-order valence-corrected chi connectivity index (χ0v) is 24.0. The molecule has 0 N–H and O–H groups in total. The van der Waals surface area contributed by atoms with Crippen LogP contribution in [0.2, 0.25) is 0 Å². The van der Waals surface area contributed by atoms with Gasteiger partial charge in [0.15, 0.2) is 0 Å². The van der Waals surface area contributed by atoms with Crippen LogP contribution >= 0.6 is 16.3 Å². The molecule has 37 heavy (non-hydrogen) atoms. The molecular formula is C32H32O3P2. The van der Waals surface area contributed by atoms with Gasteiger partial charge in [0.25, 0.3) is 0 Å². The highest BCUT2D eigenvalue weighted by Gasteiger charge is 2.34. The van der Waals surface area contributed by atoms with E-state index in [2.05, 4.69) is 0 Å². The van der Waals surface area contributed by atoms with Crippen LogP contribution in [0.4, 0.5) is 0 Å². The molecule has 0 spiro atoms. The van der Waals surface area contributed by atoms with Gasteiger partial charge in [0, 0.05) is 21.7 Å². The van der Waals surface area contributed by atoms with Gasteiger partial charge >= 0.3 is 0 Å². The first-order chi connectivity index (χ1) is 17.7. The third-order valence-electron chi connectivity index (χ3n) is 6.30. The molecule has 3 nitrogen and oxygen atoms in total. The van der Waals surface area contributed by atoms with E-state index in [-0.39, 0.29) is 11.0 Å². The molecule has 4 aromatic carbocycles. The summed E-state index contributed by atoms with van der Waals surface area (Å²) in [6.45, 7) is 11.9. The average Bonchev–Trinajstić information content (AvgIpc) is 2.84. The summed E-state index contributed by atoms with van der Waals surface area (Å²) in [4.78, 5) is 28.4. The minimum absolute atomic E-state index is 0.0650. The maximum atomic E-state index is 14.2. The lowest BCUT2D eigenvalue weighted by Crippen LogP contribution is -2.17. The largest absolute Gasteiger partial charge is 0.312 e. The molecule has 4 aromatic rings. The van der Waals surface area contributed by atoms with Crippen molar-refractivity contribution in [3.63, 3.8) is 0 Å². The van der Waals surface area contributed by atoms with Crippen LogP contribution < -0.4 is 10.6 Å². The molecule has 5 heteroatoms. The van der Waals surface area contributed by atoms with Crippen molar-refractivity contribution in [2.75, 3.05) is 0 Å². The standard InChI is InChI=1S/C32H32O3P2/c1-21-17-23(3)29(24(4)18-21)31(33)36(27-13-9-7-10-14-27)35-37(28-15-11-8-12-16-28)32(34)30-25(5)19-22(2)20-26(30)6/h7-20H,1-6H3. The van der Waals surface area contributed by atoms with Gasteiger partial charge in [0.05, 0.1) is 0 Å². The van der Waals surface area contributed by atoms with Gasteiger partial charge in [0.2, 0.25) is 11.0 Å². The Kier molecular flexibility index (Phi) is 8.50. The fraction of sp³-hybridized carbons (Fsp3) is 0.188. The SMILES string of the molecule is Cc1cc(C)c(C(=O)P(OP(C(=O)c2c(C)cc(C)cc2C)c2ccccc2)c2ccccc2)c(C)c1. The number of rotatable bonds is 8. The van der Waals surface area contributed by atoms with Crippen LogP contribution in [-0.4, -0.2) is 11.0 Å². The van der Waals surface area contributed by atoms with Crippen molar-refractivity contribution in [1.29, 1.82) is 0 Å². The van der Waals surface area contributed by atoms with Crippen LogP contribution in [0.5, 0.6) is 0 Å². The molecule has 0 heterocycles. The first-order valence-electron chi connectivity index (χ1n) is 12.3. The van der Waals surface area contributed by atoms with Crippen molar-refractivity contribution in [1.82, 2.24) is 0 Å². The van der Waals surface area contributed by atoms with Crippen LogP contribution in [0.25, 0.3) is 0 Å². The van der Waals surface area contributed by atoms with Crippen LogP contribution in [0, 0.1) is 41.5 Å². The molecule has 0 aliphatic carbocycles. The van der Waals surface area contributed by atoms with Gasteiger partial charge < -0.3 is 4.31 Å². The zero-order chi connectivity index (χ0) is 26.7. The summed E-state index contributed by atoms with van der Waals surface area (Å²) < 4.78 is 6.77. The van der Waals surface area contributed by atoms with Crippen molar-refractivity contribution in [2.45, 2.75) is 41.5 Å². The Hall–Kier alpha value is -2.96. The summed E-state index contributed by atoms with van der Waals surface area (Å²) in [6, 6.07) is 27.3. The summed E-state index contributed by atoms with van der Waals surface area (Å²) >= 11 is 0. The van der Waals surface area contributed by atoms with Gasteiger partial charge in [-0.3, -0.25) is 9.59 Å². The second-order valence-electron chi connectivity index (χ2n) is 9.50. The second-order valence-corrected chi connectivity index (χ2v) is 13.2. The van der Waals surface area contributed by atoms with Crippen LogP contribution in [-0.2, 0) is 4.31 Å². The Morgan fingerprint density at radius 2 is 0.811 bits per heavy atom. The van der Waals surface area contributed by atoms with Gasteiger partial charge in [-0.15, -0.1) is 0 Å². The molecule has 4 rings (SSSR count). The Morgan fingerprint density at radius 3 is 1.11 bits per heavy atom. The van der Waals surface area contributed by atoms with Crippen molar-refractivity contribution in [3.8, 4) is 0 Å². The smallest absolute Gasteiger partial charge is 0.217 e. The van der Waals surface area contributed by atoms with Crippen molar-refractivity contribution in [2.24, 2.45) is 0 Å². The monoisotopic (exact) mass is 526 g/mol. The average molecular weight is 527 g/mol. The van der Waals surface area contributed by atoms with E-state index in [1.54, 1.807) is 0 Å². The summed E-state index contributed by atoms with van der Waals surface area (Å²) in [6.07, 6.45) is 0. The molecule has 188 valence electrons. The molecule has 0 aliphatic heterocycles. The van der Waals surface area contributed by atoms with E-state index in [9.17, 15) is 9.59 Å². The van der Waals surface area contributed by atoms with E-state index in [0.29, 0.717) is 11.1 Å². The van der Waals surface area contributed by atoms with Gasteiger partial charge in [0.1, 0.15) is 16.3 Å². The Morgan fingerprint density at radius 1 is 0.514 bits per heavy atom. The lowest BCUT2D eigenvalue weighted by Gasteiger charge is -2.25. The van der Waals surface area contributed by atoms with E-state index in [1.807, 2.05) is 126 Å². The molecular weight excluding hydrogens is 494 g/mol. The first kappa shape index (κ1) is 27.1. The molecule has 0 aromatic heterocycles. The van der Waals surface area contributed by atoms with E-state index in [1.165, 1.54) is 0 Å². The van der Waals surface area contributed by atoms with Gasteiger partial charge in [-0.2, -0.15) is 0 Å². The second kappa shape index (κ2) is 11.6. The molecule has 0 radical (unpaired) electrons. The molecule has 2 atom stereocenters. The summed E-state index contributed by atoms with van der Waals surface area (Å²) in [5.74, 6) is 0. The predicted molar refractivity (Wildman–Crippen MR) is 157 cm³/mol. The quantitative estimate of drug-likeness (QED) is 0.219. The van der Waals surface area contributed by atoms with Gasteiger partial charge in [-0.25, -0.2) is 0 Å². The Bertz CT molecular complexity index is 1290. The number of carbonyl (C=O) groups excluding carboxylic acids is 2. The lowest BCUT2D eigenvalue weighted by atomic mass is 10.0. The number of hydrogen-bond acceptors (Lipinski definition) is 3. The number of aryl methyl sites for hydroxylation is 6. The maximum absolute atomic E-state index is 14.2. The van der Waals surface area contributed by atoms with E-state index < -0.39 is 16.3 Å². The highest BCUT2D eigenvalue weighted by Crippen LogP contribution is 2.56. The zero-order valence-electron chi connectivity index (χ0n) is 22.2. The molecule has 0 amide bonds. The van der Waals surface area contributed by atoms with Crippen LogP contribution in [0.1, 0.15) is 54.1 Å². The Labute approximate surface area is 222 Å². The third kappa shape index (κ3) is 5.97. The molecule has 0 saturated heterocycles. The van der Waals surface area contributed by atoms with Crippen molar-refractivity contribution in [3.05, 3.63) is 129 Å². The lowest BCUT2D eigenvalue weighted by molar-refractivity contribution is 0.107. The van der Waals surface area contributed by atoms with Crippen LogP contribution in [0.15, 0.2) is 84.9 Å². The fourth-order valence-electron chi connectivity index (χ4n) is 4.85. The van der Waals surface area contributed by atoms with E-state index in [4.69, 9.17) is 4.31 Å². The minimum atomic E-state index is -1.78. The van der Waals surface area contributed by atoms with Crippen LogP contribution in [0.3, 0.4) is 0 Å². The van der Waals surface area contributed by atoms with E-state index in [0.717, 1.165) is 44.0 Å². The maximum Gasteiger partial charge on any atom is 0.217 e. The van der Waals surface area contributed by atoms with Gasteiger partial charge in [-0.1, -0.05) is 96.1 Å². The predicted octanol–water partition coefficient (Wildman–Crippen LogP) is 7.98. The summed E-state index contributed by atoms with van der Waals surface area (Å²) in [7, 11) is -3.56. The highest BCUT2D eigenvalue weighted by atomic mass is 31.2. The molecule has 0 aliphatic rings. The number of benzene rings is 4.